The largest absolute Gasteiger partial charge is 0.496 e. The van der Waals surface area contributed by atoms with Crippen LogP contribution in [0.5, 0.6) is 5.75 Å². The molecule has 60 heavy (non-hydrogen) atoms. The third kappa shape index (κ3) is 11.9. The molecule has 2 aromatic heterocycles. The molecule has 0 spiro atoms. The predicted octanol–water partition coefficient (Wildman–Crippen LogP) is 10.5. The highest BCUT2D eigenvalue weighted by Gasteiger charge is 2.30. The lowest BCUT2D eigenvalue weighted by Crippen LogP contribution is -2.39. The molecule has 5 aromatic rings. The topological polar surface area (TPSA) is 137 Å². The molecular formula is C49H60N4O7. The van der Waals surface area contributed by atoms with Crippen molar-refractivity contribution in [2.24, 2.45) is 16.7 Å². The maximum absolute atomic E-state index is 13.7. The van der Waals surface area contributed by atoms with Crippen molar-refractivity contribution in [3.05, 3.63) is 101 Å². The lowest BCUT2D eigenvalue weighted by molar-refractivity contribution is -0.120. The molecule has 11 heteroatoms. The molecule has 0 radical (unpaired) electrons. The number of methoxy groups -OCH3 is 3. The van der Waals surface area contributed by atoms with E-state index in [0.717, 1.165) is 53.0 Å². The molecule has 318 valence electrons. The maximum atomic E-state index is 13.7. The van der Waals surface area contributed by atoms with Gasteiger partial charge in [-0.1, -0.05) is 53.7 Å². The first kappa shape index (κ1) is 45.2. The van der Waals surface area contributed by atoms with Crippen molar-refractivity contribution in [1.82, 2.24) is 9.97 Å². The Morgan fingerprint density at radius 1 is 0.700 bits per heavy atom. The molecule has 6 rings (SSSR count). The molecule has 0 unspecified atom stereocenters. The Balaban J connectivity index is 0.000000263. The minimum atomic E-state index is -0.392. The van der Waals surface area contributed by atoms with Crippen LogP contribution in [0.15, 0.2) is 79.1 Å². The highest BCUT2D eigenvalue weighted by molar-refractivity contribution is 6.05. The number of hydrogen-bond acceptors (Lipinski definition) is 9. The van der Waals surface area contributed by atoms with Crippen LogP contribution in [0.25, 0.3) is 21.5 Å². The van der Waals surface area contributed by atoms with E-state index in [4.69, 9.17) is 14.2 Å². The zero-order chi connectivity index (χ0) is 43.8. The van der Waals surface area contributed by atoms with Crippen molar-refractivity contribution in [2.75, 3.05) is 38.1 Å². The van der Waals surface area contributed by atoms with Crippen LogP contribution in [0.1, 0.15) is 118 Å². The van der Waals surface area contributed by atoms with E-state index in [2.05, 4.69) is 61.2 Å². The monoisotopic (exact) mass is 816 g/mol. The average Bonchev–Trinajstić information content (AvgIpc) is 3.20. The normalized spacial score (nSPS) is 15.4. The molecular weight excluding hydrogens is 757 g/mol. The van der Waals surface area contributed by atoms with Crippen LogP contribution < -0.4 is 15.0 Å². The molecule has 1 saturated carbocycles. The van der Waals surface area contributed by atoms with Gasteiger partial charge in [0, 0.05) is 42.6 Å². The van der Waals surface area contributed by atoms with Gasteiger partial charge in [0.05, 0.1) is 32.5 Å². The fourth-order valence-electron chi connectivity index (χ4n) is 7.75. The van der Waals surface area contributed by atoms with Crippen LogP contribution in [0.4, 0.5) is 11.6 Å². The summed E-state index contributed by atoms with van der Waals surface area (Å²) in [6.45, 7) is 15.0. The molecule has 1 aliphatic rings. The van der Waals surface area contributed by atoms with Crippen LogP contribution in [-0.4, -0.2) is 61.6 Å². The standard InChI is InChI=1S/C32H40N2O4.C17H20N2O3/c1-21-17-24(12-14-28(21)37-5)23-9-7-22(8-10-23)20-34(29(35)19-32(2,3)4)30-27-13-11-26(31(36)38-6)18-25(27)15-16-33-30;1-17(2,3)10-14(20)19-15-13-6-5-12(16(21)22-4)9-11(13)7-8-18-15/h11-18,22-23H,7-10,19-20H2,1-6H3;5-9H,10H2,1-4H3,(H,18,19,20). The molecule has 0 atom stereocenters. The summed E-state index contributed by atoms with van der Waals surface area (Å²) in [5, 5.41) is 6.18. The second kappa shape index (κ2) is 19.5. The molecule has 0 bridgehead atoms. The van der Waals surface area contributed by atoms with Gasteiger partial charge >= 0.3 is 11.9 Å². The number of benzene rings is 3. The van der Waals surface area contributed by atoms with Gasteiger partial charge in [0.2, 0.25) is 11.8 Å². The molecule has 1 N–H and O–H groups in total. The van der Waals surface area contributed by atoms with E-state index < -0.39 is 5.97 Å². The number of pyridine rings is 2. The number of nitrogens with zero attached hydrogens (tertiary/aromatic N) is 3. The van der Waals surface area contributed by atoms with Gasteiger partial charge in [0.1, 0.15) is 17.4 Å². The zero-order valence-corrected chi connectivity index (χ0v) is 36.8. The Kier molecular flexibility index (Phi) is 14.7. The second-order valence-corrected chi connectivity index (χ2v) is 18.1. The SMILES string of the molecule is COC(=O)c1ccc2c(N(CC3CCC(c4ccc(OC)c(C)c4)CC3)C(=O)CC(C)(C)C)nccc2c1.COC(=O)c1ccc2c(NC(=O)CC(C)(C)C)nccc2c1. The highest BCUT2D eigenvalue weighted by Crippen LogP contribution is 2.39. The summed E-state index contributed by atoms with van der Waals surface area (Å²) in [5.74, 6) is 2.27. The first-order valence-electron chi connectivity index (χ1n) is 20.6. The van der Waals surface area contributed by atoms with Gasteiger partial charge in [-0.25, -0.2) is 19.6 Å². The van der Waals surface area contributed by atoms with E-state index in [1.54, 1.807) is 55.9 Å². The van der Waals surface area contributed by atoms with Crippen molar-refractivity contribution in [3.8, 4) is 5.75 Å². The van der Waals surface area contributed by atoms with Crippen molar-refractivity contribution < 1.29 is 33.4 Å². The third-order valence-corrected chi connectivity index (χ3v) is 10.7. The summed E-state index contributed by atoms with van der Waals surface area (Å²) in [4.78, 5) is 60.2. The summed E-state index contributed by atoms with van der Waals surface area (Å²) >= 11 is 0. The number of fused-ring (bicyclic) bond motifs is 2. The van der Waals surface area contributed by atoms with Crippen LogP contribution in [0, 0.1) is 23.7 Å². The minimum absolute atomic E-state index is 0.0791. The van der Waals surface area contributed by atoms with E-state index in [-0.39, 0.29) is 28.6 Å². The van der Waals surface area contributed by atoms with Crippen molar-refractivity contribution in [3.63, 3.8) is 0 Å². The van der Waals surface area contributed by atoms with Crippen LogP contribution in [0.2, 0.25) is 0 Å². The van der Waals surface area contributed by atoms with Gasteiger partial charge in [-0.2, -0.15) is 0 Å². The number of carbonyl (C=O) groups is 4. The summed E-state index contributed by atoms with van der Waals surface area (Å²) in [6.07, 6.45) is 8.50. The van der Waals surface area contributed by atoms with E-state index in [0.29, 0.717) is 54.0 Å². The van der Waals surface area contributed by atoms with Gasteiger partial charge in [-0.3, -0.25) is 14.5 Å². The van der Waals surface area contributed by atoms with Crippen LogP contribution >= 0.6 is 0 Å². The van der Waals surface area contributed by atoms with Gasteiger partial charge in [0.15, 0.2) is 0 Å². The van der Waals surface area contributed by atoms with E-state index >= 15 is 0 Å². The minimum Gasteiger partial charge on any atom is -0.496 e. The lowest BCUT2D eigenvalue weighted by Gasteiger charge is -2.34. The second-order valence-electron chi connectivity index (χ2n) is 18.1. The van der Waals surface area contributed by atoms with Crippen LogP contribution in [0.3, 0.4) is 0 Å². The number of rotatable bonds is 10. The number of ether oxygens (including phenoxy) is 3. The Labute approximate surface area is 354 Å². The lowest BCUT2D eigenvalue weighted by atomic mass is 9.78. The van der Waals surface area contributed by atoms with Gasteiger partial charge < -0.3 is 19.5 Å². The molecule has 11 nitrogen and oxygen atoms in total. The Hall–Kier alpha value is -5.84. The number of nitrogens with one attached hydrogen (secondary N) is 1. The van der Waals surface area contributed by atoms with E-state index in [1.165, 1.54) is 25.3 Å². The Morgan fingerprint density at radius 3 is 1.82 bits per heavy atom. The van der Waals surface area contributed by atoms with Gasteiger partial charge in [0.25, 0.3) is 0 Å². The number of hydrogen-bond donors (Lipinski definition) is 1. The van der Waals surface area contributed by atoms with Crippen molar-refractivity contribution >= 4 is 56.9 Å². The number of anilines is 2. The van der Waals surface area contributed by atoms with Crippen molar-refractivity contribution in [1.29, 1.82) is 0 Å². The Bertz CT molecular complexity index is 2330. The molecule has 2 heterocycles. The first-order valence-corrected chi connectivity index (χ1v) is 20.6. The van der Waals surface area contributed by atoms with Crippen LogP contribution in [-0.2, 0) is 19.1 Å². The van der Waals surface area contributed by atoms with Crippen molar-refractivity contribution in [2.45, 2.75) is 92.9 Å². The smallest absolute Gasteiger partial charge is 0.337 e. The zero-order valence-electron chi connectivity index (χ0n) is 36.8. The van der Waals surface area contributed by atoms with Gasteiger partial charge in [-0.15, -0.1) is 0 Å². The number of carbonyl (C=O) groups excluding carboxylic acids is 4. The molecule has 3 aromatic carbocycles. The summed E-state index contributed by atoms with van der Waals surface area (Å²) < 4.78 is 15.0. The average molecular weight is 817 g/mol. The molecule has 1 fully saturated rings. The maximum Gasteiger partial charge on any atom is 0.337 e. The molecule has 0 aliphatic heterocycles. The highest BCUT2D eigenvalue weighted by atomic mass is 16.5. The molecule has 0 saturated heterocycles. The number of aromatic nitrogens is 2. The summed E-state index contributed by atoms with van der Waals surface area (Å²) in [6, 6.07) is 20.8. The Morgan fingerprint density at radius 2 is 1.27 bits per heavy atom. The first-order chi connectivity index (χ1) is 28.4. The van der Waals surface area contributed by atoms with Gasteiger partial charge in [-0.05, 0) is 132 Å². The summed E-state index contributed by atoms with van der Waals surface area (Å²) in [7, 11) is 4.43. The summed E-state index contributed by atoms with van der Waals surface area (Å²) in [5.41, 5.74) is 3.27. The number of esters is 2. The molecule has 2 amide bonds. The fourth-order valence-corrected chi connectivity index (χ4v) is 7.75. The number of aryl methyl sites for hydroxylation is 1. The van der Waals surface area contributed by atoms with E-state index in [1.807, 2.05) is 37.8 Å². The quantitative estimate of drug-likeness (QED) is 0.137. The van der Waals surface area contributed by atoms with E-state index in [9.17, 15) is 19.2 Å². The predicted molar refractivity (Wildman–Crippen MR) is 238 cm³/mol. The fraction of sp³-hybridized carbons (Fsp3) is 0.429. The molecule has 1 aliphatic carbocycles. The third-order valence-electron chi connectivity index (χ3n) is 10.7. The number of amides is 2.